The summed E-state index contributed by atoms with van der Waals surface area (Å²) in [5.41, 5.74) is 2.41. The second-order valence-electron chi connectivity index (χ2n) is 6.55. The Kier molecular flexibility index (Phi) is 4.13. The highest BCUT2D eigenvalue weighted by Gasteiger charge is 2.21. The highest BCUT2D eigenvalue weighted by molar-refractivity contribution is 7.72. The van der Waals surface area contributed by atoms with Gasteiger partial charge in [0.1, 0.15) is 4.90 Å². The molecule has 0 radical (unpaired) electrons. The zero-order chi connectivity index (χ0) is 17.6. The maximum Gasteiger partial charge on any atom is 0.232 e. The topological polar surface area (TPSA) is 73.6 Å². The van der Waals surface area contributed by atoms with Gasteiger partial charge >= 0.3 is 0 Å². The molecule has 0 amide bonds. The first-order valence-corrected chi connectivity index (χ1v) is 9.39. The van der Waals surface area contributed by atoms with E-state index < -0.39 is 10.7 Å². The average molecular weight is 365 g/mol. The lowest BCUT2D eigenvalue weighted by molar-refractivity contribution is 0.386. The van der Waals surface area contributed by atoms with Gasteiger partial charge in [0.2, 0.25) is 5.88 Å². The van der Waals surface area contributed by atoms with Crippen LogP contribution in [0.5, 0.6) is 5.88 Å². The van der Waals surface area contributed by atoms with Crippen molar-refractivity contribution in [1.29, 1.82) is 0 Å². The predicted molar refractivity (Wildman–Crippen MR) is 94.9 cm³/mol. The summed E-state index contributed by atoms with van der Waals surface area (Å²) in [7, 11) is -1.39. The van der Waals surface area contributed by atoms with Crippen LogP contribution in [0, 0.1) is 6.92 Å². The molecular weight excluding hydrogens is 346 g/mol. The molecule has 0 aromatic carbocycles. The lowest BCUT2D eigenvalue weighted by Crippen LogP contribution is -2.08. The van der Waals surface area contributed by atoms with E-state index in [9.17, 15) is 8.42 Å². The molecule has 0 unspecified atom stereocenters. The zero-order valence-electron chi connectivity index (χ0n) is 14.2. The number of rotatable bonds is 3. The minimum absolute atomic E-state index is 0.0260. The average Bonchev–Trinajstić information content (AvgIpc) is 3.02. The summed E-state index contributed by atoms with van der Waals surface area (Å²) in [5, 5.41) is 0. The van der Waals surface area contributed by atoms with E-state index in [-0.39, 0.29) is 16.2 Å². The Morgan fingerprint density at radius 3 is 2.58 bits per heavy atom. The maximum atomic E-state index is 11.5. The number of ether oxygens (including phenoxy) is 1. The van der Waals surface area contributed by atoms with Gasteiger partial charge in [-0.1, -0.05) is 20.8 Å². The summed E-state index contributed by atoms with van der Waals surface area (Å²) in [6.07, 6.45) is 3.68. The van der Waals surface area contributed by atoms with E-state index in [1.165, 1.54) is 12.0 Å². The fraction of sp³-hybridized carbons (Fsp3) is 0.375. The first-order chi connectivity index (χ1) is 11.2. The van der Waals surface area contributed by atoms with Gasteiger partial charge in [0, 0.05) is 22.8 Å². The largest absolute Gasteiger partial charge is 0.480 e. The minimum Gasteiger partial charge on any atom is -0.480 e. The Hall–Kier alpha value is -1.93. The number of hydrogen-bond donors (Lipinski definition) is 1. The summed E-state index contributed by atoms with van der Waals surface area (Å²) < 4.78 is 30.0. The molecule has 3 aromatic heterocycles. The molecule has 0 aliphatic heterocycles. The summed E-state index contributed by atoms with van der Waals surface area (Å²) >= 11 is 1.64. The maximum absolute atomic E-state index is 11.5. The monoisotopic (exact) mass is 365 g/mol. The van der Waals surface area contributed by atoms with Crippen molar-refractivity contribution in [2.75, 3.05) is 7.11 Å². The normalized spacial score (nSPS) is 12.2. The van der Waals surface area contributed by atoms with Crippen LogP contribution in [-0.4, -0.2) is 29.9 Å². The van der Waals surface area contributed by atoms with Crippen molar-refractivity contribution in [2.24, 2.45) is 0 Å². The molecule has 0 saturated heterocycles. The van der Waals surface area contributed by atoms with E-state index in [0.29, 0.717) is 5.56 Å². The molecule has 3 aromatic rings. The van der Waals surface area contributed by atoms with E-state index in [0.717, 1.165) is 16.3 Å². The Balaban J connectivity index is 2.24. The van der Waals surface area contributed by atoms with Crippen molar-refractivity contribution >= 4 is 27.0 Å². The summed E-state index contributed by atoms with van der Waals surface area (Å²) in [5.74, 6) is 0.106. The Bertz CT molecular complexity index is 986. The third-order valence-corrected chi connectivity index (χ3v) is 5.86. The SMILES string of the molecule is COc1ncc(-c2c(C)nc3sc(C(C)(C)C)cn23)cc1[SH](=O)=O. The van der Waals surface area contributed by atoms with Crippen LogP contribution in [0.3, 0.4) is 0 Å². The molecule has 0 atom stereocenters. The summed E-state index contributed by atoms with van der Waals surface area (Å²) in [4.78, 5) is 10.9. The van der Waals surface area contributed by atoms with Gasteiger partial charge in [-0.2, -0.15) is 0 Å². The molecule has 24 heavy (non-hydrogen) atoms. The smallest absolute Gasteiger partial charge is 0.232 e. The number of thiol groups is 1. The Morgan fingerprint density at radius 1 is 1.29 bits per heavy atom. The number of pyridine rings is 1. The first kappa shape index (κ1) is 16.9. The van der Waals surface area contributed by atoms with Crippen molar-refractivity contribution in [2.45, 2.75) is 38.0 Å². The molecule has 0 spiro atoms. The third-order valence-electron chi connectivity index (χ3n) is 3.74. The fourth-order valence-electron chi connectivity index (χ4n) is 2.51. The fourth-order valence-corrected chi connectivity index (χ4v) is 4.14. The quantitative estimate of drug-likeness (QED) is 0.722. The van der Waals surface area contributed by atoms with E-state index >= 15 is 0 Å². The van der Waals surface area contributed by atoms with E-state index in [1.54, 1.807) is 23.6 Å². The summed E-state index contributed by atoms with van der Waals surface area (Å²) in [6.45, 7) is 8.37. The van der Waals surface area contributed by atoms with Gasteiger partial charge in [-0.05, 0) is 18.4 Å². The van der Waals surface area contributed by atoms with Crippen LogP contribution in [-0.2, 0) is 16.1 Å². The van der Waals surface area contributed by atoms with Gasteiger partial charge in [-0.25, -0.2) is 18.4 Å². The predicted octanol–water partition coefficient (Wildman–Crippen LogP) is 3.04. The van der Waals surface area contributed by atoms with Gasteiger partial charge < -0.3 is 4.74 Å². The number of thiazole rings is 1. The second kappa shape index (κ2) is 5.86. The number of hydrogen-bond acceptors (Lipinski definition) is 6. The standard InChI is InChI=1S/C16H19N3O3S2/c1-9-13(10-6-11(24(20)21)14(22-5)17-7-10)19-8-12(16(2,3)4)23-15(19)18-9/h6-8,24H,1-5H3. The zero-order valence-corrected chi connectivity index (χ0v) is 15.9. The molecule has 0 saturated carbocycles. The second-order valence-corrected chi connectivity index (χ2v) is 8.56. The van der Waals surface area contributed by atoms with Crippen molar-refractivity contribution < 1.29 is 13.2 Å². The molecule has 6 nitrogen and oxygen atoms in total. The molecule has 0 fully saturated rings. The van der Waals surface area contributed by atoms with Crippen LogP contribution >= 0.6 is 11.3 Å². The lowest BCUT2D eigenvalue weighted by Gasteiger charge is -2.14. The Labute approximate surface area is 146 Å². The van der Waals surface area contributed by atoms with Crippen LogP contribution in [0.25, 0.3) is 16.2 Å². The van der Waals surface area contributed by atoms with Gasteiger partial charge in [-0.15, -0.1) is 11.3 Å². The van der Waals surface area contributed by atoms with Gasteiger partial charge in [-0.3, -0.25) is 4.40 Å². The molecule has 0 N–H and O–H groups in total. The number of imidazole rings is 1. The van der Waals surface area contributed by atoms with E-state index in [4.69, 9.17) is 4.74 Å². The molecule has 3 heterocycles. The third kappa shape index (κ3) is 2.80. The summed E-state index contributed by atoms with van der Waals surface area (Å²) in [6, 6.07) is 1.59. The minimum atomic E-state index is -2.80. The van der Waals surface area contributed by atoms with Crippen LogP contribution in [0.2, 0.25) is 0 Å². The molecule has 0 bridgehead atoms. The van der Waals surface area contributed by atoms with Gasteiger partial charge in [0.05, 0.1) is 18.5 Å². The molecule has 8 heteroatoms. The van der Waals surface area contributed by atoms with Crippen molar-refractivity contribution in [3.05, 3.63) is 29.0 Å². The highest BCUT2D eigenvalue weighted by Crippen LogP contribution is 2.35. The molecule has 3 rings (SSSR count). The molecule has 0 aliphatic rings. The van der Waals surface area contributed by atoms with Crippen LogP contribution < -0.4 is 4.74 Å². The molecule has 0 aliphatic carbocycles. The lowest BCUT2D eigenvalue weighted by atomic mass is 9.95. The van der Waals surface area contributed by atoms with Crippen molar-refractivity contribution in [3.8, 4) is 17.1 Å². The van der Waals surface area contributed by atoms with Crippen LogP contribution in [0.15, 0.2) is 23.4 Å². The number of fused-ring (bicyclic) bond motifs is 1. The molecule has 128 valence electrons. The van der Waals surface area contributed by atoms with Crippen LogP contribution in [0.1, 0.15) is 31.3 Å². The number of methoxy groups -OCH3 is 1. The van der Waals surface area contributed by atoms with Crippen molar-refractivity contribution in [3.63, 3.8) is 0 Å². The van der Waals surface area contributed by atoms with E-state index in [1.807, 2.05) is 11.3 Å². The van der Waals surface area contributed by atoms with Crippen molar-refractivity contribution in [1.82, 2.24) is 14.4 Å². The van der Waals surface area contributed by atoms with Gasteiger partial charge in [0.15, 0.2) is 15.7 Å². The number of aromatic nitrogens is 3. The Morgan fingerprint density at radius 2 is 2.00 bits per heavy atom. The molecular formula is C16H19N3O3S2. The first-order valence-electron chi connectivity index (χ1n) is 7.40. The van der Waals surface area contributed by atoms with Crippen LogP contribution in [0.4, 0.5) is 0 Å². The van der Waals surface area contributed by atoms with E-state index in [2.05, 4.69) is 36.9 Å². The number of aryl methyl sites for hydroxylation is 1. The highest BCUT2D eigenvalue weighted by atomic mass is 32.2. The number of nitrogens with zero attached hydrogens (tertiary/aromatic N) is 3. The van der Waals surface area contributed by atoms with Gasteiger partial charge in [0.25, 0.3) is 0 Å².